The summed E-state index contributed by atoms with van der Waals surface area (Å²) in [6, 6.07) is 6.11. The molecule has 0 unspecified atom stereocenters. The van der Waals surface area contributed by atoms with Crippen LogP contribution in [0.15, 0.2) is 23.2 Å². The number of hydrogen-bond acceptors (Lipinski definition) is 4. The fourth-order valence-electron chi connectivity index (χ4n) is 2.05. The Labute approximate surface area is 149 Å². The molecule has 1 aromatic carbocycles. The molecule has 0 saturated heterocycles. The van der Waals surface area contributed by atoms with Gasteiger partial charge in [-0.25, -0.2) is 9.37 Å². The highest BCUT2D eigenvalue weighted by Gasteiger charge is 2.14. The molecule has 0 spiro atoms. The van der Waals surface area contributed by atoms with Crippen LogP contribution in [0.3, 0.4) is 0 Å². The Morgan fingerprint density at radius 2 is 2.08 bits per heavy atom. The van der Waals surface area contributed by atoms with Crippen molar-refractivity contribution in [1.82, 2.24) is 4.98 Å². The number of rotatable bonds is 4. The fraction of sp³-hybridized carbons (Fsp3) is 0.235. The highest BCUT2D eigenvalue weighted by molar-refractivity contribution is 8.00. The third kappa shape index (κ3) is 4.05. The molecule has 24 heavy (non-hydrogen) atoms. The molecule has 1 heterocycles. The van der Waals surface area contributed by atoms with E-state index in [2.05, 4.69) is 16.4 Å². The van der Waals surface area contributed by atoms with Crippen LogP contribution in [-0.4, -0.2) is 16.6 Å². The van der Waals surface area contributed by atoms with E-state index in [9.17, 15) is 14.4 Å². The highest BCUT2D eigenvalue weighted by atomic mass is 35.5. The van der Waals surface area contributed by atoms with Gasteiger partial charge in [0.1, 0.15) is 16.9 Å². The number of nitrogens with zero attached hydrogens (tertiary/aromatic N) is 2. The van der Waals surface area contributed by atoms with Crippen molar-refractivity contribution < 1.29 is 9.18 Å². The summed E-state index contributed by atoms with van der Waals surface area (Å²) in [4.78, 5) is 16.4. The summed E-state index contributed by atoms with van der Waals surface area (Å²) in [6.07, 6.45) is 0. The second kappa shape index (κ2) is 7.65. The number of halogens is 2. The maximum atomic E-state index is 13.1. The van der Waals surface area contributed by atoms with Gasteiger partial charge in [0, 0.05) is 11.4 Å². The molecule has 0 fully saturated rings. The average molecular weight is 364 g/mol. The molecule has 0 aliphatic rings. The van der Waals surface area contributed by atoms with Gasteiger partial charge in [-0.05, 0) is 50.1 Å². The van der Waals surface area contributed by atoms with Crippen molar-refractivity contribution in [2.75, 3.05) is 11.1 Å². The number of amides is 1. The first-order valence-electron chi connectivity index (χ1n) is 7.09. The van der Waals surface area contributed by atoms with Gasteiger partial charge in [0.2, 0.25) is 5.91 Å². The summed E-state index contributed by atoms with van der Waals surface area (Å²) in [5.74, 6) is -0.750. The number of thioether (sulfide) groups is 1. The number of hydrogen-bond donors (Lipinski definition) is 1. The third-order valence-corrected chi connectivity index (χ3v) is 4.88. The Morgan fingerprint density at radius 3 is 2.71 bits per heavy atom. The zero-order valence-electron chi connectivity index (χ0n) is 13.4. The zero-order valence-corrected chi connectivity index (χ0v) is 15.0. The van der Waals surface area contributed by atoms with E-state index in [4.69, 9.17) is 11.6 Å². The highest BCUT2D eigenvalue weighted by Crippen LogP contribution is 2.26. The molecular formula is C17H15ClFN3OS. The molecule has 0 aliphatic heterocycles. The molecule has 2 rings (SSSR count). The number of anilines is 1. The lowest BCUT2D eigenvalue weighted by Gasteiger charge is -2.11. The Balaban J connectivity index is 2.09. The molecule has 124 valence electrons. The number of nitrogens with one attached hydrogen (secondary N) is 1. The second-order valence-corrected chi connectivity index (χ2v) is 6.58. The molecular weight excluding hydrogens is 349 g/mol. The predicted molar refractivity (Wildman–Crippen MR) is 93.9 cm³/mol. The van der Waals surface area contributed by atoms with Crippen molar-refractivity contribution in [3.8, 4) is 6.07 Å². The summed E-state index contributed by atoms with van der Waals surface area (Å²) < 4.78 is 13.1. The second-order valence-electron chi connectivity index (χ2n) is 5.20. The molecule has 0 radical (unpaired) electrons. The van der Waals surface area contributed by atoms with Crippen LogP contribution >= 0.6 is 23.4 Å². The molecule has 4 nitrogen and oxygen atoms in total. The van der Waals surface area contributed by atoms with Gasteiger partial charge in [-0.1, -0.05) is 23.4 Å². The number of carbonyl (C=O) groups excluding carboxylic acids is 1. The zero-order chi connectivity index (χ0) is 17.9. The lowest BCUT2D eigenvalue weighted by molar-refractivity contribution is -0.113. The van der Waals surface area contributed by atoms with E-state index in [-0.39, 0.29) is 16.7 Å². The predicted octanol–water partition coefficient (Wildman–Crippen LogP) is 4.40. The van der Waals surface area contributed by atoms with Gasteiger partial charge >= 0.3 is 0 Å². The van der Waals surface area contributed by atoms with Crippen molar-refractivity contribution in [2.45, 2.75) is 25.8 Å². The summed E-state index contributed by atoms with van der Waals surface area (Å²) in [5, 5.41) is 12.4. The van der Waals surface area contributed by atoms with Crippen LogP contribution in [0.25, 0.3) is 0 Å². The van der Waals surface area contributed by atoms with Gasteiger partial charge in [-0.15, -0.1) is 0 Å². The molecule has 0 saturated carbocycles. The molecule has 0 aliphatic carbocycles. The molecule has 1 amide bonds. The van der Waals surface area contributed by atoms with Crippen molar-refractivity contribution in [3.63, 3.8) is 0 Å². The number of carbonyl (C=O) groups is 1. The van der Waals surface area contributed by atoms with Gasteiger partial charge in [0.25, 0.3) is 0 Å². The minimum atomic E-state index is -0.544. The Kier molecular flexibility index (Phi) is 5.81. The van der Waals surface area contributed by atoms with Crippen LogP contribution in [0.1, 0.15) is 22.4 Å². The van der Waals surface area contributed by atoms with Gasteiger partial charge < -0.3 is 5.32 Å². The van der Waals surface area contributed by atoms with Crippen molar-refractivity contribution in [1.29, 1.82) is 5.26 Å². The number of nitriles is 1. The summed E-state index contributed by atoms with van der Waals surface area (Å²) in [6.45, 7) is 5.65. The number of benzene rings is 1. The van der Waals surface area contributed by atoms with Crippen LogP contribution in [-0.2, 0) is 4.79 Å². The Bertz CT molecular complexity index is 849. The van der Waals surface area contributed by atoms with E-state index in [0.29, 0.717) is 16.3 Å². The van der Waals surface area contributed by atoms with E-state index in [1.54, 1.807) is 0 Å². The van der Waals surface area contributed by atoms with Crippen LogP contribution < -0.4 is 5.32 Å². The van der Waals surface area contributed by atoms with E-state index in [1.807, 2.05) is 20.8 Å². The van der Waals surface area contributed by atoms with E-state index in [0.717, 1.165) is 16.8 Å². The first kappa shape index (κ1) is 18.2. The van der Waals surface area contributed by atoms with Crippen LogP contribution in [0, 0.1) is 37.9 Å². The standard InChI is InChI=1S/C17H15ClFN3OS/c1-9-10(2)13(7-20)17(21-11(9)3)24-8-16(23)22-12-4-5-15(19)14(18)6-12/h4-6H,8H2,1-3H3,(H,22,23). The van der Waals surface area contributed by atoms with Crippen LogP contribution in [0.5, 0.6) is 0 Å². The largest absolute Gasteiger partial charge is 0.325 e. The van der Waals surface area contributed by atoms with Gasteiger partial charge in [-0.2, -0.15) is 5.26 Å². The smallest absolute Gasteiger partial charge is 0.234 e. The van der Waals surface area contributed by atoms with Gasteiger partial charge in [0.05, 0.1) is 16.3 Å². The maximum Gasteiger partial charge on any atom is 0.234 e. The summed E-state index contributed by atoms with van der Waals surface area (Å²) in [5.41, 5.74) is 3.58. The molecule has 0 bridgehead atoms. The summed E-state index contributed by atoms with van der Waals surface area (Å²) >= 11 is 6.87. The molecule has 0 atom stereocenters. The molecule has 2 aromatic rings. The number of aromatic nitrogens is 1. The molecule has 7 heteroatoms. The van der Waals surface area contributed by atoms with E-state index < -0.39 is 5.82 Å². The first-order valence-corrected chi connectivity index (χ1v) is 8.45. The first-order chi connectivity index (χ1) is 11.3. The lowest BCUT2D eigenvalue weighted by Crippen LogP contribution is -2.14. The minimum absolute atomic E-state index is 0.0568. The molecule has 1 aromatic heterocycles. The van der Waals surface area contributed by atoms with Crippen LogP contribution in [0.4, 0.5) is 10.1 Å². The van der Waals surface area contributed by atoms with E-state index >= 15 is 0 Å². The SMILES string of the molecule is Cc1nc(SCC(=O)Nc2ccc(F)c(Cl)c2)c(C#N)c(C)c1C. The van der Waals surface area contributed by atoms with Crippen molar-refractivity contribution in [2.24, 2.45) is 0 Å². The van der Waals surface area contributed by atoms with Crippen molar-refractivity contribution in [3.05, 3.63) is 51.4 Å². The maximum absolute atomic E-state index is 13.1. The third-order valence-electron chi connectivity index (χ3n) is 3.62. The number of pyridine rings is 1. The van der Waals surface area contributed by atoms with Gasteiger partial charge in [-0.3, -0.25) is 4.79 Å². The van der Waals surface area contributed by atoms with Crippen LogP contribution in [0.2, 0.25) is 5.02 Å². The Hall–Kier alpha value is -2.10. The molecule has 1 N–H and O–H groups in total. The lowest BCUT2D eigenvalue weighted by atomic mass is 10.1. The minimum Gasteiger partial charge on any atom is -0.325 e. The van der Waals surface area contributed by atoms with E-state index in [1.165, 1.54) is 30.0 Å². The number of aryl methyl sites for hydroxylation is 1. The van der Waals surface area contributed by atoms with Crippen molar-refractivity contribution >= 4 is 35.0 Å². The normalized spacial score (nSPS) is 10.3. The fourth-order valence-corrected chi connectivity index (χ4v) is 3.12. The average Bonchev–Trinajstić information content (AvgIpc) is 2.54. The Morgan fingerprint density at radius 1 is 1.38 bits per heavy atom. The topological polar surface area (TPSA) is 65.8 Å². The quantitative estimate of drug-likeness (QED) is 0.817. The monoisotopic (exact) mass is 363 g/mol. The summed E-state index contributed by atoms with van der Waals surface area (Å²) in [7, 11) is 0. The van der Waals surface area contributed by atoms with Gasteiger partial charge in [0.15, 0.2) is 0 Å².